The minimum absolute atomic E-state index is 0.0136. The molecule has 8 heteroatoms. The third-order valence-electron chi connectivity index (χ3n) is 3.46. The fourth-order valence-corrected chi connectivity index (χ4v) is 4.22. The summed E-state index contributed by atoms with van der Waals surface area (Å²) in [7, 11) is -2.90. The van der Waals surface area contributed by atoms with Crippen LogP contribution in [0.25, 0.3) is 11.0 Å². The number of amides is 1. The van der Waals surface area contributed by atoms with Crippen LogP contribution in [0.1, 0.15) is 16.8 Å². The van der Waals surface area contributed by atoms with Gasteiger partial charge in [0.2, 0.25) is 0 Å². The zero-order valence-electron chi connectivity index (χ0n) is 10.7. The number of H-pyrrole nitrogens is 1. The molecule has 0 saturated carbocycles. The topological polar surface area (TPSA) is 105 Å². The van der Waals surface area contributed by atoms with Gasteiger partial charge in [0, 0.05) is 12.1 Å². The van der Waals surface area contributed by atoms with E-state index in [-0.39, 0.29) is 23.3 Å². The lowest BCUT2D eigenvalue weighted by molar-refractivity contribution is 0.0948. The highest BCUT2D eigenvalue weighted by Crippen LogP contribution is 2.17. The Bertz CT molecular complexity index is 753. The predicted octanol–water partition coefficient (Wildman–Crippen LogP) is 0.122. The van der Waals surface area contributed by atoms with Crippen LogP contribution in [0.3, 0.4) is 0 Å². The number of nitrogens with zero attached hydrogens (tertiary/aromatic N) is 2. The molecule has 2 aromatic rings. The minimum atomic E-state index is -2.90. The van der Waals surface area contributed by atoms with E-state index in [0.717, 1.165) is 0 Å². The molecule has 1 aromatic heterocycles. The molecule has 1 fully saturated rings. The number of rotatable bonds is 3. The molecule has 7 nitrogen and oxygen atoms in total. The van der Waals surface area contributed by atoms with E-state index in [4.69, 9.17) is 0 Å². The number of sulfone groups is 1. The standard InChI is InChI=1S/C12H14N4O3S/c17-12(13-6-8-3-4-20(18,19)7-8)9-1-2-10-11(5-9)15-16-14-10/h1-2,5,8H,3-4,6-7H2,(H,13,17)(H,14,15,16). The zero-order chi connectivity index (χ0) is 14.2. The van der Waals surface area contributed by atoms with Gasteiger partial charge in [-0.2, -0.15) is 15.4 Å². The van der Waals surface area contributed by atoms with Gasteiger partial charge in [-0.05, 0) is 30.5 Å². The minimum Gasteiger partial charge on any atom is -0.352 e. The number of aromatic nitrogens is 3. The Morgan fingerprint density at radius 3 is 2.90 bits per heavy atom. The first kappa shape index (κ1) is 13.0. The van der Waals surface area contributed by atoms with E-state index in [1.54, 1.807) is 18.2 Å². The first-order chi connectivity index (χ1) is 9.53. The van der Waals surface area contributed by atoms with E-state index in [9.17, 15) is 13.2 Å². The molecule has 0 bridgehead atoms. The number of hydrogen-bond acceptors (Lipinski definition) is 5. The van der Waals surface area contributed by atoms with E-state index < -0.39 is 9.84 Å². The normalized spacial score (nSPS) is 21.1. The van der Waals surface area contributed by atoms with E-state index in [1.165, 1.54) is 0 Å². The van der Waals surface area contributed by atoms with Gasteiger partial charge >= 0.3 is 0 Å². The molecule has 2 heterocycles. The number of carbonyl (C=O) groups is 1. The van der Waals surface area contributed by atoms with Crippen molar-refractivity contribution in [1.82, 2.24) is 20.7 Å². The van der Waals surface area contributed by atoms with Gasteiger partial charge in [0.1, 0.15) is 11.0 Å². The second kappa shape index (κ2) is 4.86. The van der Waals surface area contributed by atoms with E-state index in [2.05, 4.69) is 20.7 Å². The zero-order valence-corrected chi connectivity index (χ0v) is 11.5. The van der Waals surface area contributed by atoms with Gasteiger partial charge in [-0.15, -0.1) is 0 Å². The van der Waals surface area contributed by atoms with Gasteiger partial charge in [0.25, 0.3) is 5.91 Å². The van der Waals surface area contributed by atoms with E-state index in [1.807, 2.05) is 0 Å². The van der Waals surface area contributed by atoms with Gasteiger partial charge in [-0.1, -0.05) is 0 Å². The van der Waals surface area contributed by atoms with Gasteiger partial charge in [0.15, 0.2) is 9.84 Å². The Morgan fingerprint density at radius 2 is 2.15 bits per heavy atom. The van der Waals surface area contributed by atoms with Crippen molar-refractivity contribution < 1.29 is 13.2 Å². The van der Waals surface area contributed by atoms with Gasteiger partial charge in [0.05, 0.1) is 11.5 Å². The average molecular weight is 294 g/mol. The summed E-state index contributed by atoms with van der Waals surface area (Å²) in [6.07, 6.45) is 0.616. The van der Waals surface area contributed by atoms with Crippen LogP contribution in [0, 0.1) is 5.92 Å². The van der Waals surface area contributed by atoms with Crippen LogP contribution in [-0.2, 0) is 9.84 Å². The molecule has 2 N–H and O–H groups in total. The lowest BCUT2D eigenvalue weighted by atomic mass is 10.1. The molecular formula is C12H14N4O3S. The molecule has 1 aliphatic heterocycles. The number of nitrogens with one attached hydrogen (secondary N) is 2. The third kappa shape index (κ3) is 2.64. The number of benzene rings is 1. The SMILES string of the molecule is O=C(NCC1CCS(=O)(=O)C1)c1ccc2n[nH]nc2c1. The van der Waals surface area contributed by atoms with Crippen molar-refractivity contribution in [2.75, 3.05) is 18.1 Å². The fourth-order valence-electron chi connectivity index (χ4n) is 2.35. The first-order valence-corrected chi connectivity index (χ1v) is 8.15. The summed E-state index contributed by atoms with van der Waals surface area (Å²) in [4.78, 5) is 12.0. The molecule has 106 valence electrons. The van der Waals surface area contributed by atoms with Crippen LogP contribution in [0.5, 0.6) is 0 Å². The monoisotopic (exact) mass is 294 g/mol. The van der Waals surface area contributed by atoms with E-state index >= 15 is 0 Å². The highest BCUT2D eigenvalue weighted by Gasteiger charge is 2.27. The Hall–Kier alpha value is -1.96. The lowest BCUT2D eigenvalue weighted by Gasteiger charge is -2.09. The number of aromatic amines is 1. The van der Waals surface area contributed by atoms with Crippen molar-refractivity contribution in [2.24, 2.45) is 5.92 Å². The Morgan fingerprint density at radius 1 is 1.35 bits per heavy atom. The summed E-state index contributed by atoms with van der Waals surface area (Å²) in [6.45, 7) is 0.384. The van der Waals surface area contributed by atoms with Crippen molar-refractivity contribution in [3.8, 4) is 0 Å². The van der Waals surface area contributed by atoms with Crippen LogP contribution in [0.15, 0.2) is 18.2 Å². The largest absolute Gasteiger partial charge is 0.352 e. The second-order valence-corrected chi connectivity index (χ2v) is 7.23. The smallest absolute Gasteiger partial charge is 0.251 e. The van der Waals surface area contributed by atoms with Crippen LogP contribution in [-0.4, -0.2) is 47.8 Å². The van der Waals surface area contributed by atoms with Gasteiger partial charge < -0.3 is 5.32 Å². The lowest BCUT2D eigenvalue weighted by Crippen LogP contribution is -2.29. The highest BCUT2D eigenvalue weighted by atomic mass is 32.2. The molecule has 3 rings (SSSR count). The molecule has 0 spiro atoms. The highest BCUT2D eigenvalue weighted by molar-refractivity contribution is 7.91. The summed E-state index contributed by atoms with van der Waals surface area (Å²) < 4.78 is 22.7. The quantitative estimate of drug-likeness (QED) is 0.836. The van der Waals surface area contributed by atoms with E-state index in [0.29, 0.717) is 29.6 Å². The molecule has 1 saturated heterocycles. The molecule has 1 aromatic carbocycles. The molecule has 20 heavy (non-hydrogen) atoms. The third-order valence-corrected chi connectivity index (χ3v) is 5.29. The molecule has 0 aliphatic carbocycles. The summed E-state index contributed by atoms with van der Waals surface area (Å²) >= 11 is 0. The van der Waals surface area contributed by atoms with Crippen LogP contribution >= 0.6 is 0 Å². The number of fused-ring (bicyclic) bond motifs is 1. The first-order valence-electron chi connectivity index (χ1n) is 6.33. The molecular weight excluding hydrogens is 280 g/mol. The predicted molar refractivity (Wildman–Crippen MR) is 73.0 cm³/mol. The molecule has 1 amide bonds. The van der Waals surface area contributed by atoms with Gasteiger partial charge in [-0.3, -0.25) is 4.79 Å². The number of carbonyl (C=O) groups excluding carboxylic acids is 1. The summed E-state index contributed by atoms with van der Waals surface area (Å²) in [5.74, 6) is 0.174. The Kier molecular flexibility index (Phi) is 3.17. The van der Waals surface area contributed by atoms with Crippen molar-refractivity contribution in [3.63, 3.8) is 0 Å². The van der Waals surface area contributed by atoms with Crippen LogP contribution in [0.2, 0.25) is 0 Å². The average Bonchev–Trinajstić information content (AvgIpc) is 3.01. The summed E-state index contributed by atoms with van der Waals surface area (Å²) in [6, 6.07) is 5.04. The second-order valence-electron chi connectivity index (χ2n) is 5.01. The maximum Gasteiger partial charge on any atom is 0.251 e. The van der Waals surface area contributed by atoms with Crippen LogP contribution < -0.4 is 5.32 Å². The van der Waals surface area contributed by atoms with Crippen molar-refractivity contribution in [3.05, 3.63) is 23.8 Å². The fraction of sp³-hybridized carbons (Fsp3) is 0.417. The summed E-state index contributed by atoms with van der Waals surface area (Å²) in [5, 5.41) is 13.1. The molecule has 1 aliphatic rings. The van der Waals surface area contributed by atoms with Crippen molar-refractivity contribution in [2.45, 2.75) is 6.42 Å². The molecule has 0 radical (unpaired) electrons. The maximum absolute atomic E-state index is 12.0. The van der Waals surface area contributed by atoms with Gasteiger partial charge in [-0.25, -0.2) is 8.42 Å². The Labute approximate surface area is 115 Å². The Balaban J connectivity index is 1.64. The summed E-state index contributed by atoms with van der Waals surface area (Å²) in [5.41, 5.74) is 1.82. The maximum atomic E-state index is 12.0. The van der Waals surface area contributed by atoms with Crippen molar-refractivity contribution >= 4 is 26.8 Å². The van der Waals surface area contributed by atoms with Crippen LogP contribution in [0.4, 0.5) is 0 Å². The van der Waals surface area contributed by atoms with Crippen molar-refractivity contribution in [1.29, 1.82) is 0 Å². The molecule has 1 atom stereocenters. The number of hydrogen-bond donors (Lipinski definition) is 2. The molecule has 1 unspecified atom stereocenters.